The number of ether oxygens (including phenoxy) is 1. The predicted octanol–water partition coefficient (Wildman–Crippen LogP) is 4.17. The molecule has 1 aliphatic carbocycles. The van der Waals surface area contributed by atoms with Crippen molar-refractivity contribution < 1.29 is 19.2 Å². The molecule has 1 aromatic carbocycles. The van der Waals surface area contributed by atoms with Crippen LogP contribution in [0.5, 0.6) is 5.75 Å². The standard InChI is InChI=1S/C27H38N4O4/c1-18(2)25-29-27(35-30-25)31-14-12-20(13-15-31)17-34-24-10-8-22(9-11-24)21-4-6-23(7-5-21)26(33)28-16-19(3)32/h4,8-11,18-20,23,32H,5-7,12-17H2,1-3H3,(H,28,33)/t19?,23-/m0/s1. The molecule has 2 heterocycles. The summed E-state index contributed by atoms with van der Waals surface area (Å²) in [7, 11) is 0. The van der Waals surface area contributed by atoms with Crippen LogP contribution in [0.4, 0.5) is 6.01 Å². The second-order valence-corrected chi connectivity index (χ2v) is 10.2. The van der Waals surface area contributed by atoms with Crippen LogP contribution >= 0.6 is 0 Å². The molecule has 1 aromatic heterocycles. The lowest BCUT2D eigenvalue weighted by Gasteiger charge is -2.30. The van der Waals surface area contributed by atoms with Crippen LogP contribution in [0.3, 0.4) is 0 Å². The van der Waals surface area contributed by atoms with E-state index in [0.29, 0.717) is 25.1 Å². The van der Waals surface area contributed by atoms with Gasteiger partial charge in [-0.15, -0.1) is 0 Å². The number of piperidine rings is 1. The average molecular weight is 483 g/mol. The van der Waals surface area contributed by atoms with Crippen LogP contribution in [0, 0.1) is 11.8 Å². The van der Waals surface area contributed by atoms with Crippen molar-refractivity contribution in [3.63, 3.8) is 0 Å². The van der Waals surface area contributed by atoms with E-state index in [2.05, 4.69) is 52.4 Å². The van der Waals surface area contributed by atoms with Crippen molar-refractivity contribution in [2.24, 2.45) is 11.8 Å². The summed E-state index contributed by atoms with van der Waals surface area (Å²) in [5, 5.41) is 16.2. The summed E-state index contributed by atoms with van der Waals surface area (Å²) >= 11 is 0. The molecule has 2 aliphatic rings. The summed E-state index contributed by atoms with van der Waals surface area (Å²) in [6.45, 7) is 8.63. The van der Waals surface area contributed by atoms with Gasteiger partial charge in [0.1, 0.15) is 5.75 Å². The first kappa shape index (κ1) is 25.2. The molecule has 1 saturated heterocycles. The molecule has 8 nitrogen and oxygen atoms in total. The zero-order valence-corrected chi connectivity index (χ0v) is 21.1. The van der Waals surface area contributed by atoms with Gasteiger partial charge in [0, 0.05) is 31.5 Å². The van der Waals surface area contributed by atoms with Crippen LogP contribution in [-0.4, -0.2) is 53.5 Å². The maximum Gasteiger partial charge on any atom is 0.324 e. The Balaban J connectivity index is 1.20. The fourth-order valence-electron chi connectivity index (χ4n) is 4.59. The number of nitrogens with zero attached hydrogens (tertiary/aromatic N) is 3. The van der Waals surface area contributed by atoms with Crippen molar-refractivity contribution in [3.05, 3.63) is 41.7 Å². The topological polar surface area (TPSA) is 101 Å². The lowest BCUT2D eigenvalue weighted by atomic mass is 9.86. The third-order valence-electron chi connectivity index (χ3n) is 6.90. The number of aliphatic hydroxyl groups is 1. The van der Waals surface area contributed by atoms with Crippen molar-refractivity contribution in [1.82, 2.24) is 15.5 Å². The van der Waals surface area contributed by atoms with E-state index in [4.69, 9.17) is 9.26 Å². The number of carbonyl (C=O) groups is 1. The number of nitrogens with one attached hydrogen (secondary N) is 1. The molecule has 0 bridgehead atoms. The van der Waals surface area contributed by atoms with Crippen LogP contribution in [0.2, 0.25) is 0 Å². The highest BCUT2D eigenvalue weighted by molar-refractivity contribution is 5.80. The number of amides is 1. The van der Waals surface area contributed by atoms with Gasteiger partial charge in [-0.1, -0.05) is 37.2 Å². The highest BCUT2D eigenvalue weighted by atomic mass is 16.5. The summed E-state index contributed by atoms with van der Waals surface area (Å²) in [4.78, 5) is 18.9. The number of allylic oxidation sites excluding steroid dienone is 2. The molecular weight excluding hydrogens is 444 g/mol. The van der Waals surface area contributed by atoms with E-state index in [9.17, 15) is 9.90 Å². The van der Waals surface area contributed by atoms with Gasteiger partial charge in [0.05, 0.1) is 12.7 Å². The zero-order chi connectivity index (χ0) is 24.8. The SMILES string of the molecule is CC(O)CNC(=O)[C@H]1CC=C(c2ccc(OCC3CCN(c4nc(C(C)C)no4)CC3)cc2)CC1. The minimum atomic E-state index is -0.517. The maximum atomic E-state index is 12.2. The second kappa shape index (κ2) is 11.7. The Labute approximate surface area is 207 Å². The predicted molar refractivity (Wildman–Crippen MR) is 135 cm³/mol. The number of aliphatic hydroxyl groups excluding tert-OH is 1. The normalized spacial score (nSPS) is 20.0. The van der Waals surface area contributed by atoms with Gasteiger partial charge in [-0.3, -0.25) is 4.79 Å². The second-order valence-electron chi connectivity index (χ2n) is 10.2. The molecule has 1 fully saturated rings. The Morgan fingerprint density at radius 3 is 2.54 bits per heavy atom. The highest BCUT2D eigenvalue weighted by Gasteiger charge is 2.24. The Morgan fingerprint density at radius 1 is 1.20 bits per heavy atom. The van der Waals surface area contributed by atoms with E-state index in [1.54, 1.807) is 6.92 Å². The molecule has 0 spiro atoms. The van der Waals surface area contributed by atoms with Gasteiger partial charge in [0.25, 0.3) is 0 Å². The summed E-state index contributed by atoms with van der Waals surface area (Å²) in [6.07, 6.45) is 6.18. The molecular formula is C27H38N4O4. The molecule has 2 atom stereocenters. The van der Waals surface area contributed by atoms with Crippen LogP contribution in [0.25, 0.3) is 5.57 Å². The number of benzene rings is 1. The van der Waals surface area contributed by atoms with E-state index >= 15 is 0 Å². The van der Waals surface area contributed by atoms with E-state index < -0.39 is 6.10 Å². The smallest absolute Gasteiger partial charge is 0.324 e. The molecule has 8 heteroatoms. The Bertz CT molecular complexity index is 991. The number of carbonyl (C=O) groups excluding carboxylic acids is 1. The lowest BCUT2D eigenvalue weighted by molar-refractivity contribution is -0.125. The van der Waals surface area contributed by atoms with Crippen LogP contribution in [0.1, 0.15) is 70.2 Å². The van der Waals surface area contributed by atoms with E-state index in [-0.39, 0.29) is 17.7 Å². The van der Waals surface area contributed by atoms with Gasteiger partial charge in [-0.05, 0) is 68.2 Å². The number of aromatic nitrogens is 2. The summed E-state index contributed by atoms with van der Waals surface area (Å²) in [6, 6.07) is 8.93. The average Bonchev–Trinajstić information content (AvgIpc) is 3.38. The maximum absolute atomic E-state index is 12.2. The highest BCUT2D eigenvalue weighted by Crippen LogP contribution is 2.31. The van der Waals surface area contributed by atoms with Crippen molar-refractivity contribution in [3.8, 4) is 5.75 Å². The fraction of sp³-hybridized carbons (Fsp3) is 0.593. The number of hydrogen-bond acceptors (Lipinski definition) is 7. The molecule has 4 rings (SSSR count). The largest absolute Gasteiger partial charge is 0.493 e. The van der Waals surface area contributed by atoms with Crippen molar-refractivity contribution in [2.75, 3.05) is 31.1 Å². The first-order valence-corrected chi connectivity index (χ1v) is 12.9. The summed E-state index contributed by atoms with van der Waals surface area (Å²) in [5.41, 5.74) is 2.47. The molecule has 0 radical (unpaired) electrons. The Kier molecular flexibility index (Phi) is 8.44. The third kappa shape index (κ3) is 6.84. The van der Waals surface area contributed by atoms with E-state index in [0.717, 1.165) is 56.8 Å². The third-order valence-corrected chi connectivity index (χ3v) is 6.90. The number of hydrogen-bond donors (Lipinski definition) is 2. The first-order chi connectivity index (χ1) is 16.9. The van der Waals surface area contributed by atoms with E-state index in [1.807, 2.05) is 12.1 Å². The fourth-order valence-corrected chi connectivity index (χ4v) is 4.59. The molecule has 1 aliphatic heterocycles. The molecule has 2 aromatic rings. The minimum Gasteiger partial charge on any atom is -0.493 e. The number of rotatable bonds is 9. The van der Waals surface area contributed by atoms with Gasteiger partial charge in [0.2, 0.25) is 5.91 Å². The van der Waals surface area contributed by atoms with Gasteiger partial charge < -0.3 is 24.6 Å². The summed E-state index contributed by atoms with van der Waals surface area (Å²) < 4.78 is 11.5. The quantitative estimate of drug-likeness (QED) is 0.553. The van der Waals surface area contributed by atoms with Gasteiger partial charge in [-0.2, -0.15) is 4.98 Å². The molecule has 35 heavy (non-hydrogen) atoms. The van der Waals surface area contributed by atoms with Gasteiger partial charge in [0.15, 0.2) is 5.82 Å². The van der Waals surface area contributed by atoms with Crippen LogP contribution in [-0.2, 0) is 4.79 Å². The summed E-state index contributed by atoms with van der Waals surface area (Å²) in [5.74, 6) is 2.45. The Morgan fingerprint density at radius 2 is 1.94 bits per heavy atom. The lowest BCUT2D eigenvalue weighted by Crippen LogP contribution is -2.35. The van der Waals surface area contributed by atoms with E-state index in [1.165, 1.54) is 11.1 Å². The van der Waals surface area contributed by atoms with Crippen LogP contribution in [0.15, 0.2) is 34.9 Å². The number of anilines is 1. The van der Waals surface area contributed by atoms with Gasteiger partial charge >= 0.3 is 6.01 Å². The first-order valence-electron chi connectivity index (χ1n) is 12.9. The molecule has 1 unspecified atom stereocenters. The zero-order valence-electron chi connectivity index (χ0n) is 21.1. The van der Waals surface area contributed by atoms with Crippen LogP contribution < -0.4 is 15.0 Å². The van der Waals surface area contributed by atoms with Crippen molar-refractivity contribution in [1.29, 1.82) is 0 Å². The Hall–Kier alpha value is -2.87. The molecule has 190 valence electrons. The molecule has 0 saturated carbocycles. The minimum absolute atomic E-state index is 0.0105. The van der Waals surface area contributed by atoms with Gasteiger partial charge in [-0.25, -0.2) is 0 Å². The molecule has 1 amide bonds. The monoisotopic (exact) mass is 482 g/mol. The molecule has 2 N–H and O–H groups in total. The van der Waals surface area contributed by atoms with Crippen molar-refractivity contribution in [2.45, 2.75) is 64.9 Å². The van der Waals surface area contributed by atoms with Crippen molar-refractivity contribution >= 4 is 17.5 Å².